The lowest BCUT2D eigenvalue weighted by Crippen LogP contribution is -2.45. The first-order chi connectivity index (χ1) is 9.84. The molecule has 2 N–H and O–H groups in total. The van der Waals surface area contributed by atoms with Crippen LogP contribution in [0.3, 0.4) is 0 Å². The molecule has 0 saturated heterocycles. The number of rotatable bonds is 6. The summed E-state index contributed by atoms with van der Waals surface area (Å²) in [4.78, 5) is 11.7. The van der Waals surface area contributed by atoms with E-state index >= 15 is 0 Å². The minimum atomic E-state index is -0.446. The summed E-state index contributed by atoms with van der Waals surface area (Å²) < 4.78 is 15.6. The lowest BCUT2D eigenvalue weighted by Gasteiger charge is -2.31. The minimum absolute atomic E-state index is 0.206. The molecule has 1 aliphatic carbocycles. The predicted molar refractivity (Wildman–Crippen MR) is 81.2 cm³/mol. The molecule has 1 rings (SSSR count). The van der Waals surface area contributed by atoms with E-state index in [2.05, 4.69) is 10.6 Å². The molecule has 0 unspecified atom stereocenters. The lowest BCUT2D eigenvalue weighted by atomic mass is 9.91. The molecular formula is C15H30N2O4. The largest absolute Gasteiger partial charge is 0.444 e. The van der Waals surface area contributed by atoms with E-state index < -0.39 is 5.60 Å². The van der Waals surface area contributed by atoms with Crippen LogP contribution in [0.4, 0.5) is 4.79 Å². The monoisotopic (exact) mass is 302 g/mol. The fourth-order valence-electron chi connectivity index (χ4n) is 2.44. The van der Waals surface area contributed by atoms with Crippen LogP contribution in [0.15, 0.2) is 0 Å². The molecule has 1 amide bonds. The molecule has 1 aliphatic rings. The van der Waals surface area contributed by atoms with Gasteiger partial charge in [-0.1, -0.05) is 0 Å². The van der Waals surface area contributed by atoms with Crippen molar-refractivity contribution >= 4 is 6.09 Å². The van der Waals surface area contributed by atoms with Gasteiger partial charge in [-0.2, -0.15) is 0 Å². The van der Waals surface area contributed by atoms with Crippen molar-refractivity contribution in [2.45, 2.75) is 70.4 Å². The average molecular weight is 302 g/mol. The highest BCUT2D eigenvalue weighted by molar-refractivity contribution is 5.68. The zero-order valence-electron chi connectivity index (χ0n) is 13.9. The van der Waals surface area contributed by atoms with Gasteiger partial charge in [-0.15, -0.1) is 0 Å². The quantitative estimate of drug-likeness (QED) is 0.735. The normalized spacial score (nSPS) is 23.1. The molecule has 0 aromatic heterocycles. The van der Waals surface area contributed by atoms with Gasteiger partial charge in [0.25, 0.3) is 0 Å². The second-order valence-corrected chi connectivity index (χ2v) is 6.50. The van der Waals surface area contributed by atoms with Gasteiger partial charge in [-0.05, 0) is 46.5 Å². The van der Waals surface area contributed by atoms with E-state index in [0.29, 0.717) is 12.6 Å². The van der Waals surface area contributed by atoms with Crippen LogP contribution < -0.4 is 10.6 Å². The molecular weight excluding hydrogens is 272 g/mol. The van der Waals surface area contributed by atoms with Gasteiger partial charge >= 0.3 is 6.09 Å². The summed E-state index contributed by atoms with van der Waals surface area (Å²) in [6, 6.07) is 0.660. The van der Waals surface area contributed by atoms with Crippen LogP contribution >= 0.6 is 0 Å². The van der Waals surface area contributed by atoms with Gasteiger partial charge in [0.05, 0.1) is 0 Å². The molecule has 0 aliphatic heterocycles. The van der Waals surface area contributed by atoms with E-state index in [1.165, 1.54) is 0 Å². The Balaban J connectivity index is 2.21. The number of alkyl carbamates (subject to hydrolysis) is 1. The van der Waals surface area contributed by atoms with Gasteiger partial charge in [0.2, 0.25) is 0 Å². The lowest BCUT2D eigenvalue weighted by molar-refractivity contribution is -0.100. The number of ether oxygens (including phenoxy) is 3. The Hall–Kier alpha value is -0.850. The van der Waals surface area contributed by atoms with Crippen molar-refractivity contribution in [1.82, 2.24) is 10.6 Å². The van der Waals surface area contributed by atoms with Crippen molar-refractivity contribution in [1.29, 1.82) is 0 Å². The van der Waals surface area contributed by atoms with Gasteiger partial charge in [0.15, 0.2) is 6.29 Å². The van der Waals surface area contributed by atoms with E-state index in [1.54, 1.807) is 14.2 Å². The molecule has 0 bridgehead atoms. The molecule has 0 heterocycles. The highest BCUT2D eigenvalue weighted by atomic mass is 16.7. The van der Waals surface area contributed by atoms with Crippen molar-refractivity contribution < 1.29 is 19.0 Å². The van der Waals surface area contributed by atoms with E-state index in [-0.39, 0.29) is 18.4 Å². The molecule has 0 radical (unpaired) electrons. The van der Waals surface area contributed by atoms with Crippen LogP contribution in [0, 0.1) is 0 Å². The Bertz CT molecular complexity index is 305. The van der Waals surface area contributed by atoms with Gasteiger partial charge in [0, 0.05) is 32.8 Å². The predicted octanol–water partition coefficient (Wildman–Crippen LogP) is 2.03. The molecule has 124 valence electrons. The smallest absolute Gasteiger partial charge is 0.407 e. The Morgan fingerprint density at radius 3 is 2.10 bits per heavy atom. The summed E-state index contributed by atoms with van der Waals surface area (Å²) in [5.74, 6) is 0. The summed E-state index contributed by atoms with van der Waals surface area (Å²) >= 11 is 0. The molecule has 1 fully saturated rings. The number of methoxy groups -OCH3 is 2. The third-order valence-corrected chi connectivity index (χ3v) is 3.55. The molecule has 0 atom stereocenters. The number of nitrogens with one attached hydrogen (secondary N) is 2. The second-order valence-electron chi connectivity index (χ2n) is 6.50. The summed E-state index contributed by atoms with van der Waals surface area (Å²) in [6.45, 7) is 6.29. The van der Waals surface area contributed by atoms with Crippen LogP contribution in [0.25, 0.3) is 0 Å². The first-order valence-corrected chi connectivity index (χ1v) is 7.62. The molecule has 6 nitrogen and oxygen atoms in total. The zero-order chi connectivity index (χ0) is 15.9. The number of hydrogen-bond acceptors (Lipinski definition) is 5. The third kappa shape index (κ3) is 7.64. The maximum atomic E-state index is 11.7. The van der Waals surface area contributed by atoms with E-state index in [0.717, 1.165) is 25.7 Å². The molecule has 0 spiro atoms. The third-order valence-electron chi connectivity index (χ3n) is 3.55. The molecule has 21 heavy (non-hydrogen) atoms. The first-order valence-electron chi connectivity index (χ1n) is 7.62. The van der Waals surface area contributed by atoms with Crippen LogP contribution in [0.5, 0.6) is 0 Å². The van der Waals surface area contributed by atoms with Crippen LogP contribution in [0.1, 0.15) is 46.5 Å². The SMILES string of the molecule is COC(CNC1CCC(NC(=O)OC(C)(C)C)CC1)OC. The van der Waals surface area contributed by atoms with E-state index in [9.17, 15) is 4.79 Å². The fraction of sp³-hybridized carbons (Fsp3) is 0.933. The van der Waals surface area contributed by atoms with Crippen molar-refractivity contribution in [3.63, 3.8) is 0 Å². The summed E-state index contributed by atoms with van der Waals surface area (Å²) in [5, 5.41) is 6.39. The summed E-state index contributed by atoms with van der Waals surface area (Å²) in [5.41, 5.74) is -0.446. The van der Waals surface area contributed by atoms with Crippen LogP contribution in [-0.4, -0.2) is 50.8 Å². The number of carbonyl (C=O) groups excluding carboxylic acids is 1. The van der Waals surface area contributed by atoms with Crippen molar-refractivity contribution in [2.75, 3.05) is 20.8 Å². The van der Waals surface area contributed by atoms with Gasteiger partial charge < -0.3 is 24.8 Å². The maximum Gasteiger partial charge on any atom is 0.407 e. The Labute approximate surface area is 127 Å². The van der Waals surface area contributed by atoms with Gasteiger partial charge in [-0.3, -0.25) is 0 Å². The Morgan fingerprint density at radius 2 is 1.62 bits per heavy atom. The average Bonchev–Trinajstić information content (AvgIpc) is 2.39. The van der Waals surface area contributed by atoms with Crippen molar-refractivity contribution in [3.05, 3.63) is 0 Å². The molecule has 1 saturated carbocycles. The number of hydrogen-bond donors (Lipinski definition) is 2. The Morgan fingerprint density at radius 1 is 1.10 bits per heavy atom. The van der Waals surface area contributed by atoms with E-state index in [1.807, 2.05) is 20.8 Å². The molecule has 6 heteroatoms. The summed E-state index contributed by atoms with van der Waals surface area (Å²) in [7, 11) is 3.27. The van der Waals surface area contributed by atoms with Crippen molar-refractivity contribution in [2.24, 2.45) is 0 Å². The van der Waals surface area contributed by atoms with Crippen molar-refractivity contribution in [3.8, 4) is 0 Å². The second kappa shape index (κ2) is 8.56. The molecule has 0 aromatic carbocycles. The topological polar surface area (TPSA) is 68.8 Å². The molecule has 0 aromatic rings. The summed E-state index contributed by atoms with van der Waals surface area (Å²) in [6.07, 6.45) is 3.45. The van der Waals surface area contributed by atoms with Gasteiger partial charge in [0.1, 0.15) is 5.60 Å². The standard InChI is InChI=1S/C15H30N2O4/c1-15(2,3)21-14(18)17-12-8-6-11(7-9-12)16-10-13(19-4)20-5/h11-13,16H,6-10H2,1-5H3,(H,17,18). The number of amides is 1. The minimum Gasteiger partial charge on any atom is -0.444 e. The number of carbonyl (C=O) groups is 1. The zero-order valence-corrected chi connectivity index (χ0v) is 13.9. The first kappa shape index (κ1) is 18.2. The van der Waals surface area contributed by atoms with Gasteiger partial charge in [-0.25, -0.2) is 4.79 Å². The van der Waals surface area contributed by atoms with Crippen LogP contribution in [-0.2, 0) is 14.2 Å². The fourth-order valence-corrected chi connectivity index (χ4v) is 2.44. The highest BCUT2D eigenvalue weighted by Gasteiger charge is 2.24. The highest BCUT2D eigenvalue weighted by Crippen LogP contribution is 2.19. The Kier molecular flexibility index (Phi) is 7.42. The van der Waals surface area contributed by atoms with Crippen LogP contribution in [0.2, 0.25) is 0 Å². The van der Waals surface area contributed by atoms with E-state index in [4.69, 9.17) is 14.2 Å². The maximum absolute atomic E-state index is 11.7.